The van der Waals surface area contributed by atoms with Crippen LogP contribution >= 0.6 is 23.1 Å². The van der Waals surface area contributed by atoms with Crippen LogP contribution < -0.4 is 10.6 Å². The fourth-order valence-corrected chi connectivity index (χ4v) is 3.26. The number of rotatable bonds is 6. The lowest BCUT2D eigenvalue weighted by Crippen LogP contribution is -2.38. The molecule has 2 aromatic carbocycles. The molecule has 2 amide bonds. The summed E-state index contributed by atoms with van der Waals surface area (Å²) in [6.07, 6.45) is 0. The zero-order valence-electron chi connectivity index (χ0n) is 14.0. The topological polar surface area (TPSA) is 84.0 Å². The first-order valence-electron chi connectivity index (χ1n) is 7.99. The Morgan fingerprint density at radius 2 is 1.96 bits per heavy atom. The normalized spacial score (nSPS) is 11.9. The van der Waals surface area contributed by atoms with E-state index in [1.54, 1.807) is 6.92 Å². The summed E-state index contributed by atoms with van der Waals surface area (Å²) < 4.78 is 3.79. The first-order chi connectivity index (χ1) is 12.6. The van der Waals surface area contributed by atoms with Crippen LogP contribution in [-0.2, 0) is 4.79 Å². The number of fused-ring (bicyclic) bond motifs is 1. The number of nitrogens with one attached hydrogen (secondary N) is 2. The van der Waals surface area contributed by atoms with Gasteiger partial charge in [-0.05, 0) is 40.9 Å². The van der Waals surface area contributed by atoms with Crippen LogP contribution in [0.3, 0.4) is 0 Å². The molecule has 1 atom stereocenters. The maximum atomic E-state index is 12.6. The van der Waals surface area contributed by atoms with Gasteiger partial charge in [0.2, 0.25) is 5.91 Å². The first kappa shape index (κ1) is 18.3. The van der Waals surface area contributed by atoms with Crippen molar-refractivity contribution in [3.63, 3.8) is 0 Å². The van der Waals surface area contributed by atoms with Crippen LogP contribution in [-0.4, -0.2) is 33.8 Å². The van der Waals surface area contributed by atoms with Crippen molar-refractivity contribution in [2.45, 2.75) is 13.0 Å². The summed E-state index contributed by atoms with van der Waals surface area (Å²) >= 11 is 6.60. The SMILES string of the molecule is Cc1nnsc1C(=O)NC(CNC(=O)CCl)c1ccc2ccccc2c1. The molecular weight excluding hydrogens is 372 g/mol. The zero-order valence-corrected chi connectivity index (χ0v) is 15.6. The Morgan fingerprint density at radius 1 is 1.19 bits per heavy atom. The lowest BCUT2D eigenvalue weighted by atomic mass is 10.0. The Kier molecular flexibility index (Phi) is 5.80. The van der Waals surface area contributed by atoms with Gasteiger partial charge < -0.3 is 10.6 Å². The molecule has 0 aliphatic rings. The van der Waals surface area contributed by atoms with Crippen LogP contribution in [0.25, 0.3) is 10.8 Å². The number of amides is 2. The number of carbonyl (C=O) groups excluding carboxylic acids is 2. The van der Waals surface area contributed by atoms with E-state index in [0.29, 0.717) is 10.6 Å². The highest BCUT2D eigenvalue weighted by Crippen LogP contribution is 2.21. The van der Waals surface area contributed by atoms with Crippen LogP contribution in [0.15, 0.2) is 42.5 Å². The Morgan fingerprint density at radius 3 is 2.65 bits per heavy atom. The van der Waals surface area contributed by atoms with Gasteiger partial charge in [0, 0.05) is 6.54 Å². The highest BCUT2D eigenvalue weighted by molar-refractivity contribution is 7.08. The van der Waals surface area contributed by atoms with E-state index in [1.165, 1.54) is 0 Å². The third-order valence-electron chi connectivity index (χ3n) is 3.96. The van der Waals surface area contributed by atoms with Gasteiger partial charge in [-0.2, -0.15) is 0 Å². The predicted molar refractivity (Wildman–Crippen MR) is 103 cm³/mol. The Labute approximate surface area is 159 Å². The maximum absolute atomic E-state index is 12.6. The van der Waals surface area contributed by atoms with Crippen molar-refractivity contribution in [2.24, 2.45) is 0 Å². The van der Waals surface area contributed by atoms with E-state index in [0.717, 1.165) is 27.9 Å². The largest absolute Gasteiger partial charge is 0.353 e. The third-order valence-corrected chi connectivity index (χ3v) is 5.03. The molecular formula is C18H17ClN4O2S. The Hall–Kier alpha value is -2.51. The lowest BCUT2D eigenvalue weighted by molar-refractivity contribution is -0.118. The average molecular weight is 389 g/mol. The molecule has 1 heterocycles. The van der Waals surface area contributed by atoms with E-state index in [9.17, 15) is 9.59 Å². The molecule has 0 aliphatic heterocycles. The molecule has 134 valence electrons. The summed E-state index contributed by atoms with van der Waals surface area (Å²) in [7, 11) is 0. The lowest BCUT2D eigenvalue weighted by Gasteiger charge is -2.20. The van der Waals surface area contributed by atoms with Crippen molar-refractivity contribution in [3.05, 3.63) is 58.6 Å². The van der Waals surface area contributed by atoms with Gasteiger partial charge >= 0.3 is 0 Å². The van der Waals surface area contributed by atoms with E-state index in [1.807, 2.05) is 42.5 Å². The number of carbonyl (C=O) groups is 2. The molecule has 26 heavy (non-hydrogen) atoms. The number of benzene rings is 2. The summed E-state index contributed by atoms with van der Waals surface area (Å²) in [6, 6.07) is 13.5. The minimum Gasteiger partial charge on any atom is -0.353 e. The van der Waals surface area contributed by atoms with Crippen molar-refractivity contribution in [3.8, 4) is 0 Å². The summed E-state index contributed by atoms with van der Waals surface area (Å²) in [5.41, 5.74) is 1.47. The van der Waals surface area contributed by atoms with Gasteiger partial charge in [0.1, 0.15) is 10.8 Å². The standard InChI is InChI=1S/C18H17ClN4O2S/c1-11-17(26-23-22-11)18(25)21-15(10-20-16(24)9-19)14-7-6-12-4-2-3-5-13(12)8-14/h2-8,15H,9-10H2,1H3,(H,20,24)(H,21,25). The molecule has 0 saturated heterocycles. The van der Waals surface area contributed by atoms with Crippen molar-refractivity contribution in [2.75, 3.05) is 12.4 Å². The number of hydrogen-bond donors (Lipinski definition) is 2. The third kappa shape index (κ3) is 4.17. The molecule has 0 bridgehead atoms. The second-order valence-electron chi connectivity index (χ2n) is 5.76. The van der Waals surface area contributed by atoms with Crippen LogP contribution in [0, 0.1) is 6.92 Å². The van der Waals surface area contributed by atoms with Crippen LogP contribution in [0.2, 0.25) is 0 Å². The molecule has 0 saturated carbocycles. The van der Waals surface area contributed by atoms with Crippen molar-refractivity contribution in [1.82, 2.24) is 20.2 Å². The fraction of sp³-hybridized carbons (Fsp3) is 0.222. The molecule has 3 rings (SSSR count). The van der Waals surface area contributed by atoms with Gasteiger partial charge in [-0.1, -0.05) is 40.9 Å². The van der Waals surface area contributed by atoms with E-state index < -0.39 is 6.04 Å². The summed E-state index contributed by atoms with van der Waals surface area (Å²) in [5.74, 6) is -0.686. The molecule has 1 aromatic heterocycles. The fourth-order valence-electron chi connectivity index (χ4n) is 2.60. The van der Waals surface area contributed by atoms with Crippen LogP contribution in [0.4, 0.5) is 0 Å². The summed E-state index contributed by atoms with van der Waals surface area (Å²) in [4.78, 5) is 24.6. The monoisotopic (exact) mass is 388 g/mol. The van der Waals surface area contributed by atoms with Crippen LogP contribution in [0.1, 0.15) is 27.0 Å². The smallest absolute Gasteiger partial charge is 0.265 e. The molecule has 8 heteroatoms. The minimum atomic E-state index is -0.402. The van der Waals surface area contributed by atoms with Crippen molar-refractivity contribution >= 4 is 45.7 Å². The second-order valence-corrected chi connectivity index (χ2v) is 6.78. The quantitative estimate of drug-likeness (QED) is 0.636. The van der Waals surface area contributed by atoms with Gasteiger partial charge in [-0.25, -0.2) is 0 Å². The molecule has 2 N–H and O–H groups in total. The van der Waals surface area contributed by atoms with Crippen molar-refractivity contribution < 1.29 is 9.59 Å². The van der Waals surface area contributed by atoms with E-state index >= 15 is 0 Å². The Balaban J connectivity index is 1.87. The number of aromatic nitrogens is 2. The molecule has 3 aromatic rings. The van der Waals surface area contributed by atoms with Gasteiger partial charge in [0.25, 0.3) is 5.91 Å². The Bertz CT molecular complexity index is 944. The average Bonchev–Trinajstić information content (AvgIpc) is 3.10. The molecule has 1 unspecified atom stereocenters. The zero-order chi connectivity index (χ0) is 18.5. The van der Waals surface area contributed by atoms with Gasteiger partial charge in [0.05, 0.1) is 11.7 Å². The van der Waals surface area contributed by atoms with Gasteiger partial charge in [-0.15, -0.1) is 16.7 Å². The number of hydrogen-bond acceptors (Lipinski definition) is 5. The number of alkyl halides is 1. The maximum Gasteiger partial charge on any atom is 0.265 e. The second kappa shape index (κ2) is 8.25. The van der Waals surface area contributed by atoms with E-state index in [2.05, 4.69) is 20.2 Å². The van der Waals surface area contributed by atoms with Gasteiger partial charge in [0.15, 0.2) is 0 Å². The van der Waals surface area contributed by atoms with Crippen LogP contribution in [0.5, 0.6) is 0 Å². The van der Waals surface area contributed by atoms with Crippen molar-refractivity contribution in [1.29, 1.82) is 0 Å². The number of aryl methyl sites for hydroxylation is 1. The summed E-state index contributed by atoms with van der Waals surface area (Å²) in [6.45, 7) is 1.97. The molecule has 6 nitrogen and oxygen atoms in total. The number of halogens is 1. The molecule has 0 fully saturated rings. The molecule has 0 aliphatic carbocycles. The van der Waals surface area contributed by atoms with E-state index in [4.69, 9.17) is 11.6 Å². The van der Waals surface area contributed by atoms with Gasteiger partial charge in [-0.3, -0.25) is 9.59 Å². The predicted octanol–water partition coefficient (Wildman–Crippen LogP) is 2.83. The molecule has 0 radical (unpaired) electrons. The molecule has 0 spiro atoms. The number of nitrogens with zero attached hydrogens (tertiary/aromatic N) is 2. The van der Waals surface area contributed by atoms with E-state index in [-0.39, 0.29) is 24.2 Å². The highest BCUT2D eigenvalue weighted by Gasteiger charge is 2.20. The first-order valence-corrected chi connectivity index (χ1v) is 9.30. The highest BCUT2D eigenvalue weighted by atomic mass is 35.5. The minimum absolute atomic E-state index is 0.129. The summed E-state index contributed by atoms with van der Waals surface area (Å²) in [5, 5.41) is 11.7.